The Bertz CT molecular complexity index is 1180. The quantitative estimate of drug-likeness (QED) is 0.541. The van der Waals surface area contributed by atoms with Crippen molar-refractivity contribution in [3.8, 4) is 16.8 Å². The van der Waals surface area contributed by atoms with E-state index in [0.717, 1.165) is 46.6 Å². The van der Waals surface area contributed by atoms with Crippen molar-refractivity contribution in [2.24, 2.45) is 0 Å². The first-order valence-corrected chi connectivity index (χ1v) is 10.2. The van der Waals surface area contributed by atoms with Crippen molar-refractivity contribution in [1.29, 1.82) is 0 Å². The summed E-state index contributed by atoms with van der Waals surface area (Å²) >= 11 is 0. The summed E-state index contributed by atoms with van der Waals surface area (Å²) in [5.74, 6) is -0.0162. The number of rotatable bonds is 5. The number of fused-ring (bicyclic) bond motifs is 1. The Morgan fingerprint density at radius 3 is 2.55 bits per heavy atom. The molecule has 0 atom stereocenters. The van der Waals surface area contributed by atoms with E-state index < -0.39 is 0 Å². The highest BCUT2D eigenvalue weighted by Gasteiger charge is 2.14. The van der Waals surface area contributed by atoms with Gasteiger partial charge in [0.1, 0.15) is 12.7 Å². The Morgan fingerprint density at radius 1 is 1.00 bits per heavy atom. The average molecular weight is 414 g/mol. The number of carbonyl (C=O) groups excluding carboxylic acids is 1. The van der Waals surface area contributed by atoms with Crippen molar-refractivity contribution in [2.75, 3.05) is 38.2 Å². The van der Waals surface area contributed by atoms with Gasteiger partial charge in [0.25, 0.3) is 0 Å². The zero-order valence-electron chi connectivity index (χ0n) is 16.9. The van der Waals surface area contributed by atoms with Crippen molar-refractivity contribution in [3.05, 3.63) is 67.5 Å². The largest absolute Gasteiger partial charge is 0.379 e. The normalized spacial score (nSPS) is 14.6. The summed E-state index contributed by atoms with van der Waals surface area (Å²) in [6.07, 6.45) is 6.92. The van der Waals surface area contributed by atoms with E-state index in [0.29, 0.717) is 19.8 Å². The van der Waals surface area contributed by atoms with Crippen LogP contribution in [0.4, 0.5) is 5.69 Å². The molecule has 8 nitrogen and oxygen atoms in total. The van der Waals surface area contributed by atoms with Crippen LogP contribution in [0.3, 0.4) is 0 Å². The van der Waals surface area contributed by atoms with Gasteiger partial charge in [0.15, 0.2) is 0 Å². The summed E-state index contributed by atoms with van der Waals surface area (Å²) < 4.78 is 7.35. The van der Waals surface area contributed by atoms with Gasteiger partial charge in [0.2, 0.25) is 5.91 Å². The summed E-state index contributed by atoms with van der Waals surface area (Å²) in [5, 5.41) is 2.97. The molecule has 0 unspecified atom stereocenters. The van der Waals surface area contributed by atoms with Gasteiger partial charge in [-0.3, -0.25) is 14.3 Å². The van der Waals surface area contributed by atoms with E-state index in [1.807, 2.05) is 47.3 Å². The van der Waals surface area contributed by atoms with Gasteiger partial charge < -0.3 is 10.1 Å². The molecule has 1 aliphatic heterocycles. The highest BCUT2D eigenvalue weighted by Crippen LogP contribution is 2.25. The number of nitrogens with zero attached hydrogens (tertiary/aromatic N) is 5. The molecule has 0 aliphatic carbocycles. The van der Waals surface area contributed by atoms with Crippen LogP contribution >= 0.6 is 0 Å². The molecule has 3 heterocycles. The van der Waals surface area contributed by atoms with Crippen molar-refractivity contribution < 1.29 is 9.53 Å². The first-order valence-electron chi connectivity index (χ1n) is 10.2. The minimum atomic E-state index is -0.0162. The second kappa shape index (κ2) is 8.63. The number of carbonyl (C=O) groups is 1. The number of morpholine rings is 1. The number of benzene rings is 2. The number of hydrogen-bond acceptors (Lipinski definition) is 6. The number of aromatic nitrogens is 4. The SMILES string of the molecule is O=C(CN1CCOCC1)Nc1ccc(-n2cnc3ccc(-c4cncnc4)cc32)cc1. The van der Waals surface area contributed by atoms with Crippen molar-refractivity contribution in [2.45, 2.75) is 0 Å². The van der Waals surface area contributed by atoms with E-state index in [1.54, 1.807) is 12.4 Å². The van der Waals surface area contributed by atoms with Crippen LogP contribution in [0.2, 0.25) is 0 Å². The summed E-state index contributed by atoms with van der Waals surface area (Å²) in [5.41, 5.74) is 5.62. The first-order chi connectivity index (χ1) is 15.3. The van der Waals surface area contributed by atoms with Gasteiger partial charge in [-0.15, -0.1) is 0 Å². The molecule has 1 aliphatic rings. The molecule has 4 aromatic rings. The zero-order chi connectivity index (χ0) is 21.0. The lowest BCUT2D eigenvalue weighted by Crippen LogP contribution is -2.41. The molecule has 0 spiro atoms. The van der Waals surface area contributed by atoms with Gasteiger partial charge in [-0.25, -0.2) is 15.0 Å². The van der Waals surface area contributed by atoms with E-state index in [-0.39, 0.29) is 5.91 Å². The van der Waals surface area contributed by atoms with Crippen LogP contribution in [-0.4, -0.2) is 63.2 Å². The molecule has 0 radical (unpaired) electrons. The highest BCUT2D eigenvalue weighted by atomic mass is 16.5. The molecule has 1 fully saturated rings. The van der Waals surface area contributed by atoms with Crippen molar-refractivity contribution in [1.82, 2.24) is 24.4 Å². The van der Waals surface area contributed by atoms with E-state index >= 15 is 0 Å². The maximum atomic E-state index is 12.3. The Morgan fingerprint density at radius 2 is 1.77 bits per heavy atom. The zero-order valence-corrected chi connectivity index (χ0v) is 16.9. The number of ether oxygens (including phenoxy) is 1. The van der Waals surface area contributed by atoms with Crippen LogP contribution in [0.25, 0.3) is 27.8 Å². The Labute approximate surface area is 179 Å². The number of anilines is 1. The van der Waals surface area contributed by atoms with Crippen molar-refractivity contribution in [3.63, 3.8) is 0 Å². The fourth-order valence-electron chi connectivity index (χ4n) is 3.71. The number of amides is 1. The van der Waals surface area contributed by atoms with Gasteiger partial charge in [-0.2, -0.15) is 0 Å². The molecule has 5 rings (SSSR count). The van der Waals surface area contributed by atoms with Crippen LogP contribution in [0, 0.1) is 0 Å². The van der Waals surface area contributed by atoms with Gasteiger partial charge in [-0.05, 0) is 42.0 Å². The number of imidazole rings is 1. The van der Waals surface area contributed by atoms with Crippen LogP contribution in [-0.2, 0) is 9.53 Å². The molecule has 1 saturated heterocycles. The molecular formula is C23H22N6O2. The van der Waals surface area contributed by atoms with E-state index in [2.05, 4.69) is 31.2 Å². The smallest absolute Gasteiger partial charge is 0.238 e. The maximum absolute atomic E-state index is 12.3. The minimum Gasteiger partial charge on any atom is -0.379 e. The molecule has 8 heteroatoms. The summed E-state index contributed by atoms with van der Waals surface area (Å²) in [7, 11) is 0. The van der Waals surface area contributed by atoms with E-state index in [4.69, 9.17) is 4.74 Å². The van der Waals surface area contributed by atoms with E-state index in [1.165, 1.54) is 6.33 Å². The predicted octanol–water partition coefficient (Wildman–Crippen LogP) is 2.75. The monoisotopic (exact) mass is 414 g/mol. The van der Waals surface area contributed by atoms with Gasteiger partial charge in [0.05, 0.1) is 30.8 Å². The Balaban J connectivity index is 1.34. The molecule has 1 amide bonds. The lowest BCUT2D eigenvalue weighted by molar-refractivity contribution is -0.118. The molecule has 1 N–H and O–H groups in total. The van der Waals surface area contributed by atoms with Crippen LogP contribution in [0.5, 0.6) is 0 Å². The van der Waals surface area contributed by atoms with Crippen LogP contribution in [0.1, 0.15) is 0 Å². The molecule has 0 bridgehead atoms. The summed E-state index contributed by atoms with van der Waals surface area (Å²) in [4.78, 5) is 27.1. The van der Waals surface area contributed by atoms with E-state index in [9.17, 15) is 4.79 Å². The third-order valence-corrected chi connectivity index (χ3v) is 5.34. The van der Waals surface area contributed by atoms with Crippen LogP contribution < -0.4 is 5.32 Å². The topological polar surface area (TPSA) is 85.2 Å². The van der Waals surface area contributed by atoms with Gasteiger partial charge >= 0.3 is 0 Å². The van der Waals surface area contributed by atoms with Crippen molar-refractivity contribution >= 4 is 22.6 Å². The predicted molar refractivity (Wildman–Crippen MR) is 118 cm³/mol. The lowest BCUT2D eigenvalue weighted by atomic mass is 10.1. The minimum absolute atomic E-state index is 0.0162. The highest BCUT2D eigenvalue weighted by molar-refractivity contribution is 5.92. The molecule has 2 aromatic carbocycles. The average Bonchev–Trinajstić information content (AvgIpc) is 3.24. The molecule has 31 heavy (non-hydrogen) atoms. The number of nitrogens with one attached hydrogen (secondary N) is 1. The molecule has 2 aromatic heterocycles. The van der Waals surface area contributed by atoms with Crippen LogP contribution in [0.15, 0.2) is 67.5 Å². The second-order valence-corrected chi connectivity index (χ2v) is 7.43. The van der Waals surface area contributed by atoms with Gasteiger partial charge in [-0.1, -0.05) is 6.07 Å². The fourth-order valence-corrected chi connectivity index (χ4v) is 3.71. The van der Waals surface area contributed by atoms with Gasteiger partial charge in [0, 0.05) is 42.4 Å². The molecular weight excluding hydrogens is 392 g/mol. The number of hydrogen-bond donors (Lipinski definition) is 1. The Hall–Kier alpha value is -3.62. The molecule has 156 valence electrons. The third kappa shape index (κ3) is 4.30. The molecule has 0 saturated carbocycles. The maximum Gasteiger partial charge on any atom is 0.238 e. The fraction of sp³-hybridized carbons (Fsp3) is 0.217. The second-order valence-electron chi connectivity index (χ2n) is 7.43. The third-order valence-electron chi connectivity index (χ3n) is 5.34. The first kappa shape index (κ1) is 19.3. The summed E-state index contributed by atoms with van der Waals surface area (Å²) in [6, 6.07) is 13.9. The lowest BCUT2D eigenvalue weighted by Gasteiger charge is -2.25. The Kier molecular flexibility index (Phi) is 5.39. The summed E-state index contributed by atoms with van der Waals surface area (Å²) in [6.45, 7) is 3.32. The standard InChI is InChI=1S/C23H22N6O2/c30-23(14-28-7-9-31-10-8-28)27-19-2-4-20(5-3-19)29-16-26-21-6-1-17(11-22(21)29)18-12-24-15-25-13-18/h1-6,11-13,15-16H,7-10,14H2,(H,27,30).